The number of benzene rings is 1. The number of hydrogen-bond acceptors (Lipinski definition) is 3. The molecule has 1 amide bonds. The van der Waals surface area contributed by atoms with E-state index in [1.807, 2.05) is 0 Å². The minimum atomic E-state index is -0.955. The molecule has 0 saturated carbocycles. The number of halogens is 1. The molecule has 1 aromatic heterocycles. The van der Waals surface area contributed by atoms with Gasteiger partial charge in [0.05, 0.1) is 12.1 Å². The van der Waals surface area contributed by atoms with Crippen LogP contribution in [0.1, 0.15) is 29.4 Å². The molecule has 2 aromatic rings. The molecule has 23 heavy (non-hydrogen) atoms. The van der Waals surface area contributed by atoms with E-state index in [1.165, 1.54) is 21.7 Å². The standard InChI is InChI=1S/C16H18FN3O3/c1-3-19(8-7-15(21)22)16(23)13-6-9-20(18-13)14-5-4-12(17)10-11(14)2/h4-6,9-10H,3,7-8H2,1-2H3,(H,21,22). The van der Waals surface area contributed by atoms with Crippen molar-refractivity contribution in [3.8, 4) is 5.69 Å². The van der Waals surface area contributed by atoms with Crippen LogP contribution in [0, 0.1) is 12.7 Å². The highest BCUT2D eigenvalue weighted by Crippen LogP contribution is 2.15. The Kier molecular flexibility index (Phi) is 5.10. The lowest BCUT2D eigenvalue weighted by molar-refractivity contribution is -0.137. The van der Waals surface area contributed by atoms with Crippen molar-refractivity contribution in [2.24, 2.45) is 0 Å². The van der Waals surface area contributed by atoms with E-state index in [4.69, 9.17) is 5.11 Å². The molecule has 0 bridgehead atoms. The second-order valence-electron chi connectivity index (χ2n) is 5.10. The molecule has 122 valence electrons. The number of hydrogen-bond donors (Lipinski definition) is 1. The number of amides is 1. The van der Waals surface area contributed by atoms with Crippen molar-refractivity contribution in [1.82, 2.24) is 14.7 Å². The summed E-state index contributed by atoms with van der Waals surface area (Å²) >= 11 is 0. The van der Waals surface area contributed by atoms with Gasteiger partial charge in [0, 0.05) is 19.3 Å². The molecular weight excluding hydrogens is 301 g/mol. The molecule has 0 aliphatic rings. The molecule has 1 heterocycles. The van der Waals surface area contributed by atoms with Gasteiger partial charge in [-0.05, 0) is 43.7 Å². The second kappa shape index (κ2) is 7.04. The average Bonchev–Trinajstić information content (AvgIpc) is 2.97. The fraction of sp³-hybridized carbons (Fsp3) is 0.312. The lowest BCUT2D eigenvalue weighted by Gasteiger charge is -2.18. The SMILES string of the molecule is CCN(CCC(=O)O)C(=O)c1ccn(-c2ccc(F)cc2C)n1. The third-order valence-corrected chi connectivity index (χ3v) is 3.48. The quantitative estimate of drug-likeness (QED) is 0.886. The highest BCUT2D eigenvalue weighted by molar-refractivity contribution is 5.92. The number of carbonyl (C=O) groups excluding carboxylic acids is 1. The highest BCUT2D eigenvalue weighted by Gasteiger charge is 2.18. The summed E-state index contributed by atoms with van der Waals surface area (Å²) in [6.07, 6.45) is 1.51. The molecule has 0 radical (unpaired) electrons. The molecule has 0 spiro atoms. The van der Waals surface area contributed by atoms with Gasteiger partial charge in [-0.1, -0.05) is 0 Å². The first-order valence-corrected chi connectivity index (χ1v) is 7.25. The maximum absolute atomic E-state index is 13.2. The largest absolute Gasteiger partial charge is 0.481 e. The molecule has 0 aliphatic heterocycles. The van der Waals surface area contributed by atoms with Gasteiger partial charge in [-0.15, -0.1) is 0 Å². The van der Waals surface area contributed by atoms with Crippen molar-refractivity contribution in [3.05, 3.63) is 47.5 Å². The van der Waals surface area contributed by atoms with Crippen LogP contribution >= 0.6 is 0 Å². The first-order valence-electron chi connectivity index (χ1n) is 7.25. The number of carbonyl (C=O) groups is 2. The van der Waals surface area contributed by atoms with Crippen LogP contribution in [0.25, 0.3) is 5.69 Å². The molecule has 0 unspecified atom stereocenters. The molecule has 2 rings (SSSR count). The Labute approximate surface area is 133 Å². The Morgan fingerprint density at radius 3 is 2.70 bits per heavy atom. The minimum Gasteiger partial charge on any atom is -0.481 e. The van der Waals surface area contributed by atoms with Crippen LogP contribution in [-0.2, 0) is 4.79 Å². The van der Waals surface area contributed by atoms with Gasteiger partial charge in [0.15, 0.2) is 5.69 Å². The second-order valence-corrected chi connectivity index (χ2v) is 5.10. The molecule has 0 saturated heterocycles. The third-order valence-electron chi connectivity index (χ3n) is 3.48. The van der Waals surface area contributed by atoms with E-state index in [2.05, 4.69) is 5.10 Å². The number of aromatic nitrogens is 2. The summed E-state index contributed by atoms with van der Waals surface area (Å²) in [5, 5.41) is 13.0. The summed E-state index contributed by atoms with van der Waals surface area (Å²) in [7, 11) is 0. The van der Waals surface area contributed by atoms with Crippen LogP contribution in [0.15, 0.2) is 30.5 Å². The number of nitrogens with zero attached hydrogens (tertiary/aromatic N) is 3. The Balaban J connectivity index is 2.20. The van der Waals surface area contributed by atoms with Crippen molar-refractivity contribution < 1.29 is 19.1 Å². The molecule has 1 aromatic carbocycles. The van der Waals surface area contributed by atoms with E-state index in [9.17, 15) is 14.0 Å². The van der Waals surface area contributed by atoms with Crippen molar-refractivity contribution in [2.45, 2.75) is 20.3 Å². The van der Waals surface area contributed by atoms with Gasteiger partial charge < -0.3 is 10.0 Å². The number of aryl methyl sites for hydroxylation is 1. The van der Waals surface area contributed by atoms with E-state index in [0.717, 1.165) is 0 Å². The summed E-state index contributed by atoms with van der Waals surface area (Å²) in [6.45, 7) is 4.06. The molecule has 6 nitrogen and oxygen atoms in total. The zero-order valence-corrected chi connectivity index (χ0v) is 13.0. The van der Waals surface area contributed by atoms with Crippen molar-refractivity contribution in [1.29, 1.82) is 0 Å². The van der Waals surface area contributed by atoms with Gasteiger partial charge in [-0.25, -0.2) is 9.07 Å². The summed E-state index contributed by atoms with van der Waals surface area (Å²) < 4.78 is 14.7. The molecule has 0 fully saturated rings. The predicted molar refractivity (Wildman–Crippen MR) is 82.1 cm³/mol. The summed E-state index contributed by atoms with van der Waals surface area (Å²) in [6, 6.07) is 5.88. The van der Waals surface area contributed by atoms with Crippen molar-refractivity contribution in [3.63, 3.8) is 0 Å². The Hall–Kier alpha value is -2.70. The maximum atomic E-state index is 13.2. The van der Waals surface area contributed by atoms with Gasteiger partial charge in [0.1, 0.15) is 5.82 Å². The van der Waals surface area contributed by atoms with Crippen LogP contribution in [0.3, 0.4) is 0 Å². The van der Waals surface area contributed by atoms with Gasteiger partial charge in [-0.3, -0.25) is 9.59 Å². The summed E-state index contributed by atoms with van der Waals surface area (Å²) in [4.78, 5) is 24.4. The summed E-state index contributed by atoms with van der Waals surface area (Å²) in [5.41, 5.74) is 1.60. The van der Waals surface area contributed by atoms with Crippen LogP contribution in [0.2, 0.25) is 0 Å². The smallest absolute Gasteiger partial charge is 0.305 e. The lowest BCUT2D eigenvalue weighted by atomic mass is 10.2. The number of carboxylic acid groups (broad SMARTS) is 1. The Morgan fingerprint density at radius 2 is 2.09 bits per heavy atom. The van der Waals surface area contributed by atoms with Crippen molar-refractivity contribution in [2.75, 3.05) is 13.1 Å². The molecule has 0 aliphatic carbocycles. The number of aliphatic carboxylic acids is 1. The van der Waals surface area contributed by atoms with Crippen LogP contribution in [0.4, 0.5) is 4.39 Å². The molecule has 0 atom stereocenters. The van der Waals surface area contributed by atoms with Gasteiger partial charge >= 0.3 is 5.97 Å². The first-order chi connectivity index (χ1) is 10.9. The van der Waals surface area contributed by atoms with Gasteiger partial charge in [-0.2, -0.15) is 5.10 Å². The lowest BCUT2D eigenvalue weighted by Crippen LogP contribution is -2.33. The van der Waals surface area contributed by atoms with E-state index >= 15 is 0 Å². The van der Waals surface area contributed by atoms with Crippen LogP contribution in [-0.4, -0.2) is 44.8 Å². The molecule has 7 heteroatoms. The van der Waals surface area contributed by atoms with Crippen LogP contribution < -0.4 is 0 Å². The maximum Gasteiger partial charge on any atom is 0.305 e. The van der Waals surface area contributed by atoms with E-state index < -0.39 is 5.97 Å². The number of rotatable bonds is 6. The van der Waals surface area contributed by atoms with E-state index in [1.54, 1.807) is 32.2 Å². The highest BCUT2D eigenvalue weighted by atomic mass is 19.1. The first kappa shape index (κ1) is 16.7. The van der Waals surface area contributed by atoms with Crippen molar-refractivity contribution >= 4 is 11.9 Å². The minimum absolute atomic E-state index is 0.114. The zero-order chi connectivity index (χ0) is 17.0. The Bertz CT molecular complexity index is 727. The fourth-order valence-corrected chi connectivity index (χ4v) is 2.24. The van der Waals surface area contributed by atoms with Gasteiger partial charge in [0.25, 0.3) is 5.91 Å². The average molecular weight is 319 g/mol. The molecular formula is C16H18FN3O3. The third kappa shape index (κ3) is 3.94. The Morgan fingerprint density at radius 1 is 1.35 bits per heavy atom. The van der Waals surface area contributed by atoms with Crippen LogP contribution in [0.5, 0.6) is 0 Å². The fourth-order valence-electron chi connectivity index (χ4n) is 2.24. The van der Waals surface area contributed by atoms with E-state index in [0.29, 0.717) is 17.8 Å². The number of carboxylic acids is 1. The van der Waals surface area contributed by atoms with Gasteiger partial charge in [0.2, 0.25) is 0 Å². The monoisotopic (exact) mass is 319 g/mol. The summed E-state index contributed by atoms with van der Waals surface area (Å²) in [5.74, 6) is -1.61. The van der Waals surface area contributed by atoms with E-state index in [-0.39, 0.29) is 30.4 Å². The topological polar surface area (TPSA) is 75.4 Å². The zero-order valence-electron chi connectivity index (χ0n) is 13.0. The predicted octanol–water partition coefficient (Wildman–Crippen LogP) is 2.26. The normalized spacial score (nSPS) is 10.6. The molecule has 1 N–H and O–H groups in total.